The molecule has 0 amide bonds. The van der Waals surface area contributed by atoms with E-state index in [2.05, 4.69) is 35.6 Å². The molecular formula is C18H15NO. The average Bonchev–Trinajstić information content (AvgIpc) is 2.53. The molecule has 0 spiro atoms. The summed E-state index contributed by atoms with van der Waals surface area (Å²) in [6, 6.07) is 22.3. The molecule has 3 aromatic rings. The minimum atomic E-state index is 0.708. The molecule has 3 aromatic carbocycles. The summed E-state index contributed by atoms with van der Waals surface area (Å²) in [6.45, 7) is 0.708. The molecule has 1 N–H and O–H groups in total. The summed E-state index contributed by atoms with van der Waals surface area (Å²) in [5.74, 6) is 0. The predicted octanol–water partition coefficient (Wildman–Crippen LogP) is 4.26. The van der Waals surface area contributed by atoms with Gasteiger partial charge in [0, 0.05) is 17.8 Å². The Labute approximate surface area is 118 Å². The van der Waals surface area contributed by atoms with Crippen molar-refractivity contribution in [1.82, 2.24) is 0 Å². The normalized spacial score (nSPS) is 10.4. The quantitative estimate of drug-likeness (QED) is 0.711. The fourth-order valence-electron chi connectivity index (χ4n) is 2.28. The Bertz CT molecular complexity index is 749. The molecule has 0 aromatic heterocycles. The molecule has 0 atom stereocenters. The first kappa shape index (κ1) is 12.4. The van der Waals surface area contributed by atoms with E-state index in [-0.39, 0.29) is 0 Å². The van der Waals surface area contributed by atoms with Crippen molar-refractivity contribution in [2.45, 2.75) is 6.54 Å². The van der Waals surface area contributed by atoms with Gasteiger partial charge in [-0.15, -0.1) is 0 Å². The van der Waals surface area contributed by atoms with Crippen LogP contribution in [0.15, 0.2) is 66.7 Å². The number of hydrogen-bond acceptors (Lipinski definition) is 2. The average molecular weight is 261 g/mol. The smallest absolute Gasteiger partial charge is 0.150 e. The number of nitrogens with one attached hydrogen (secondary N) is 1. The molecule has 2 heteroatoms. The van der Waals surface area contributed by atoms with Crippen molar-refractivity contribution in [3.05, 3.63) is 77.9 Å². The number of fused-ring (bicyclic) bond motifs is 1. The van der Waals surface area contributed by atoms with E-state index in [1.54, 1.807) is 0 Å². The monoisotopic (exact) mass is 261 g/mol. The molecule has 0 aliphatic heterocycles. The highest BCUT2D eigenvalue weighted by molar-refractivity contribution is 5.85. The summed E-state index contributed by atoms with van der Waals surface area (Å²) in [6.07, 6.45) is 0.875. The number of carbonyl (C=O) groups excluding carboxylic acids is 1. The lowest BCUT2D eigenvalue weighted by molar-refractivity contribution is 0.112. The molecule has 0 heterocycles. The second-order valence-corrected chi connectivity index (χ2v) is 4.78. The van der Waals surface area contributed by atoms with E-state index >= 15 is 0 Å². The van der Waals surface area contributed by atoms with Gasteiger partial charge in [0.05, 0.1) is 0 Å². The number of hydrogen-bond donors (Lipinski definition) is 1. The Hall–Kier alpha value is -2.61. The molecule has 3 rings (SSSR count). The zero-order valence-corrected chi connectivity index (χ0v) is 11.0. The van der Waals surface area contributed by atoms with E-state index in [4.69, 9.17) is 0 Å². The van der Waals surface area contributed by atoms with Crippen LogP contribution >= 0.6 is 0 Å². The first-order valence-corrected chi connectivity index (χ1v) is 6.62. The second-order valence-electron chi connectivity index (χ2n) is 4.78. The standard InChI is InChI=1S/C18H15NO/c20-13-15-5-3-4-14(10-15)12-19-18-9-8-16-6-1-2-7-17(16)11-18/h1-11,13,19H,12H2. The third-order valence-electron chi connectivity index (χ3n) is 3.33. The van der Waals surface area contributed by atoms with Crippen LogP contribution in [0.5, 0.6) is 0 Å². The minimum Gasteiger partial charge on any atom is -0.381 e. The lowest BCUT2D eigenvalue weighted by Gasteiger charge is -2.08. The molecule has 0 fully saturated rings. The van der Waals surface area contributed by atoms with Crippen LogP contribution in [0.1, 0.15) is 15.9 Å². The lowest BCUT2D eigenvalue weighted by Crippen LogP contribution is -1.99. The Morgan fingerprint density at radius 2 is 1.70 bits per heavy atom. The SMILES string of the molecule is O=Cc1cccc(CNc2ccc3ccccc3c2)c1. The summed E-state index contributed by atoms with van der Waals surface area (Å²) < 4.78 is 0. The second kappa shape index (κ2) is 5.57. The van der Waals surface area contributed by atoms with Crippen LogP contribution in [0.25, 0.3) is 10.8 Å². The van der Waals surface area contributed by atoms with Gasteiger partial charge in [-0.2, -0.15) is 0 Å². The van der Waals surface area contributed by atoms with Crippen LogP contribution in [0.3, 0.4) is 0 Å². The van der Waals surface area contributed by atoms with Crippen LogP contribution in [-0.2, 0) is 6.54 Å². The predicted molar refractivity (Wildman–Crippen MR) is 83.1 cm³/mol. The number of aldehydes is 1. The molecule has 0 unspecified atom stereocenters. The fourth-order valence-corrected chi connectivity index (χ4v) is 2.28. The highest BCUT2D eigenvalue weighted by Crippen LogP contribution is 2.19. The Morgan fingerprint density at radius 3 is 2.55 bits per heavy atom. The van der Waals surface area contributed by atoms with Gasteiger partial charge in [-0.3, -0.25) is 4.79 Å². The van der Waals surface area contributed by atoms with Crippen molar-refractivity contribution in [2.24, 2.45) is 0 Å². The molecule has 98 valence electrons. The van der Waals surface area contributed by atoms with Crippen molar-refractivity contribution >= 4 is 22.7 Å². The maximum atomic E-state index is 10.8. The number of anilines is 1. The van der Waals surface area contributed by atoms with Crippen molar-refractivity contribution in [1.29, 1.82) is 0 Å². The molecular weight excluding hydrogens is 246 g/mol. The topological polar surface area (TPSA) is 29.1 Å². The molecule has 0 aliphatic carbocycles. The van der Waals surface area contributed by atoms with Gasteiger partial charge in [0.2, 0.25) is 0 Å². The van der Waals surface area contributed by atoms with E-state index in [9.17, 15) is 4.79 Å². The number of carbonyl (C=O) groups is 1. The molecule has 0 radical (unpaired) electrons. The maximum absolute atomic E-state index is 10.8. The summed E-state index contributed by atoms with van der Waals surface area (Å²) in [5, 5.41) is 5.85. The van der Waals surface area contributed by atoms with Crippen LogP contribution in [0.4, 0.5) is 5.69 Å². The van der Waals surface area contributed by atoms with Gasteiger partial charge in [0.15, 0.2) is 0 Å². The van der Waals surface area contributed by atoms with Crippen molar-refractivity contribution < 1.29 is 4.79 Å². The molecule has 20 heavy (non-hydrogen) atoms. The highest BCUT2D eigenvalue weighted by atomic mass is 16.1. The summed E-state index contributed by atoms with van der Waals surface area (Å²) >= 11 is 0. The molecule has 0 saturated carbocycles. The van der Waals surface area contributed by atoms with Crippen LogP contribution in [0, 0.1) is 0 Å². The largest absolute Gasteiger partial charge is 0.381 e. The Kier molecular flexibility index (Phi) is 3.46. The maximum Gasteiger partial charge on any atom is 0.150 e. The zero-order valence-electron chi connectivity index (χ0n) is 11.0. The number of rotatable bonds is 4. The summed E-state index contributed by atoms with van der Waals surface area (Å²) in [5.41, 5.74) is 2.89. The summed E-state index contributed by atoms with van der Waals surface area (Å²) in [4.78, 5) is 10.8. The van der Waals surface area contributed by atoms with Gasteiger partial charge in [-0.05, 0) is 34.5 Å². The Morgan fingerprint density at radius 1 is 0.850 bits per heavy atom. The third kappa shape index (κ3) is 2.69. The molecule has 0 aliphatic rings. The van der Waals surface area contributed by atoms with E-state index < -0.39 is 0 Å². The van der Waals surface area contributed by atoms with Gasteiger partial charge in [0.25, 0.3) is 0 Å². The summed E-state index contributed by atoms with van der Waals surface area (Å²) in [7, 11) is 0. The lowest BCUT2D eigenvalue weighted by atomic mass is 10.1. The van der Waals surface area contributed by atoms with E-state index in [1.807, 2.05) is 36.4 Å². The van der Waals surface area contributed by atoms with E-state index in [1.165, 1.54) is 10.8 Å². The van der Waals surface area contributed by atoms with Crippen LogP contribution < -0.4 is 5.32 Å². The van der Waals surface area contributed by atoms with Crippen LogP contribution in [-0.4, -0.2) is 6.29 Å². The first-order chi connectivity index (χ1) is 9.85. The van der Waals surface area contributed by atoms with Crippen molar-refractivity contribution in [3.8, 4) is 0 Å². The molecule has 0 saturated heterocycles. The first-order valence-electron chi connectivity index (χ1n) is 6.62. The molecule has 2 nitrogen and oxygen atoms in total. The Balaban J connectivity index is 1.77. The van der Waals surface area contributed by atoms with Gasteiger partial charge in [-0.25, -0.2) is 0 Å². The van der Waals surface area contributed by atoms with Crippen molar-refractivity contribution in [2.75, 3.05) is 5.32 Å². The molecule has 0 bridgehead atoms. The van der Waals surface area contributed by atoms with Gasteiger partial charge in [0.1, 0.15) is 6.29 Å². The van der Waals surface area contributed by atoms with E-state index in [0.29, 0.717) is 12.1 Å². The van der Waals surface area contributed by atoms with Gasteiger partial charge >= 0.3 is 0 Å². The third-order valence-corrected chi connectivity index (χ3v) is 3.33. The van der Waals surface area contributed by atoms with Crippen LogP contribution in [0.2, 0.25) is 0 Å². The zero-order chi connectivity index (χ0) is 13.8. The van der Waals surface area contributed by atoms with Gasteiger partial charge < -0.3 is 5.32 Å². The van der Waals surface area contributed by atoms with Crippen molar-refractivity contribution in [3.63, 3.8) is 0 Å². The minimum absolute atomic E-state index is 0.708. The van der Waals surface area contributed by atoms with Gasteiger partial charge in [-0.1, -0.05) is 48.5 Å². The number of benzene rings is 3. The highest BCUT2D eigenvalue weighted by Gasteiger charge is 1.98. The fraction of sp³-hybridized carbons (Fsp3) is 0.0556. The van der Waals surface area contributed by atoms with E-state index in [0.717, 1.165) is 17.5 Å².